The highest BCUT2D eigenvalue weighted by atomic mass is 16.2. The van der Waals surface area contributed by atoms with Crippen LogP contribution in [0.5, 0.6) is 0 Å². The molecule has 2 aromatic carbocycles. The van der Waals surface area contributed by atoms with Crippen molar-refractivity contribution in [2.24, 2.45) is 5.92 Å². The topological polar surface area (TPSA) is 88.7 Å². The molecule has 2 aromatic rings. The number of rotatable bonds is 5. The zero-order chi connectivity index (χ0) is 19.4. The molecule has 0 aromatic heterocycles. The van der Waals surface area contributed by atoms with Crippen molar-refractivity contribution in [3.05, 3.63) is 59.7 Å². The molecule has 0 aliphatic carbocycles. The van der Waals surface area contributed by atoms with Crippen molar-refractivity contribution in [1.29, 1.82) is 10.5 Å². The van der Waals surface area contributed by atoms with E-state index in [2.05, 4.69) is 22.8 Å². The summed E-state index contributed by atoms with van der Waals surface area (Å²) in [7, 11) is 0. The van der Waals surface area contributed by atoms with Gasteiger partial charge in [0.1, 0.15) is 6.04 Å². The molecule has 5 heteroatoms. The van der Waals surface area contributed by atoms with Gasteiger partial charge in [0.15, 0.2) is 0 Å². The Balaban J connectivity index is 1.63. The van der Waals surface area contributed by atoms with E-state index in [-0.39, 0.29) is 17.4 Å². The first-order valence-corrected chi connectivity index (χ1v) is 8.97. The average Bonchev–Trinajstić information content (AvgIpc) is 2.67. The van der Waals surface area contributed by atoms with Gasteiger partial charge in [0.25, 0.3) is 0 Å². The minimum Gasteiger partial charge on any atom is -0.340 e. The van der Waals surface area contributed by atoms with Crippen LogP contribution in [-0.2, 0) is 11.2 Å². The second-order valence-corrected chi connectivity index (χ2v) is 7.44. The van der Waals surface area contributed by atoms with Gasteiger partial charge in [-0.3, -0.25) is 4.79 Å². The fourth-order valence-electron chi connectivity index (χ4n) is 3.24. The van der Waals surface area contributed by atoms with E-state index in [0.717, 1.165) is 16.7 Å². The summed E-state index contributed by atoms with van der Waals surface area (Å²) in [5, 5.41) is 24.4. The highest BCUT2D eigenvalue weighted by Crippen LogP contribution is 2.25. The number of carbonyl (C=O) groups is 1. The van der Waals surface area contributed by atoms with Gasteiger partial charge >= 0.3 is 0 Å². The van der Waals surface area contributed by atoms with E-state index in [1.165, 1.54) is 0 Å². The molecule has 1 amide bonds. The first kappa shape index (κ1) is 18.6. The van der Waals surface area contributed by atoms with Crippen LogP contribution in [0.25, 0.3) is 11.1 Å². The van der Waals surface area contributed by atoms with Gasteiger partial charge in [-0.25, -0.2) is 0 Å². The lowest BCUT2D eigenvalue weighted by molar-refractivity contribution is -0.131. The molecule has 1 aliphatic rings. The molecular formula is C22H22N4O. The molecule has 136 valence electrons. The summed E-state index contributed by atoms with van der Waals surface area (Å²) in [6.45, 7) is 4.63. The molecule has 0 saturated carbocycles. The summed E-state index contributed by atoms with van der Waals surface area (Å²) in [6.07, 6.45) is 0.469. The third-order valence-electron chi connectivity index (χ3n) is 5.16. The van der Waals surface area contributed by atoms with Crippen LogP contribution >= 0.6 is 0 Å². The number of amides is 1. The Hall–Kier alpha value is -3.15. The van der Waals surface area contributed by atoms with E-state index in [9.17, 15) is 10.1 Å². The predicted molar refractivity (Wildman–Crippen MR) is 103 cm³/mol. The number of hydrogen-bond acceptors (Lipinski definition) is 4. The van der Waals surface area contributed by atoms with Crippen LogP contribution in [0.15, 0.2) is 48.5 Å². The van der Waals surface area contributed by atoms with Gasteiger partial charge < -0.3 is 10.6 Å². The molecule has 1 unspecified atom stereocenters. The Morgan fingerprint density at radius 2 is 1.74 bits per heavy atom. The van der Waals surface area contributed by atoms with Crippen LogP contribution in [-0.4, -0.2) is 24.0 Å². The summed E-state index contributed by atoms with van der Waals surface area (Å²) in [5.74, 6) is -0.174. The molecule has 0 bridgehead atoms. The first-order valence-electron chi connectivity index (χ1n) is 8.97. The lowest BCUT2D eigenvalue weighted by Crippen LogP contribution is -2.66. The third kappa shape index (κ3) is 4.16. The Bertz CT molecular complexity index is 901. The Labute approximate surface area is 159 Å². The average molecular weight is 358 g/mol. The minimum absolute atomic E-state index is 0.0699. The zero-order valence-electron chi connectivity index (χ0n) is 15.5. The van der Waals surface area contributed by atoms with E-state index < -0.39 is 6.04 Å². The van der Waals surface area contributed by atoms with E-state index in [4.69, 9.17) is 5.26 Å². The fourth-order valence-corrected chi connectivity index (χ4v) is 3.24. The molecule has 1 saturated heterocycles. The van der Waals surface area contributed by atoms with Crippen LogP contribution in [0.3, 0.4) is 0 Å². The molecule has 1 heterocycles. The highest BCUT2D eigenvalue weighted by Gasteiger charge is 2.43. The van der Waals surface area contributed by atoms with E-state index >= 15 is 0 Å². The van der Waals surface area contributed by atoms with E-state index in [1.807, 2.05) is 50.2 Å². The molecule has 27 heavy (non-hydrogen) atoms. The van der Waals surface area contributed by atoms with Crippen molar-refractivity contribution in [2.45, 2.75) is 31.8 Å². The van der Waals surface area contributed by atoms with Crippen molar-refractivity contribution in [3.63, 3.8) is 0 Å². The number of nitrogens with one attached hydrogen (secondary N) is 2. The maximum absolute atomic E-state index is 12.4. The normalized spacial score (nSPS) is 18.4. The molecule has 0 spiro atoms. The van der Waals surface area contributed by atoms with Gasteiger partial charge in [-0.15, -0.1) is 0 Å². The predicted octanol–water partition coefficient (Wildman–Crippen LogP) is 2.77. The summed E-state index contributed by atoms with van der Waals surface area (Å²) in [6, 6.07) is 19.1. The summed E-state index contributed by atoms with van der Waals surface area (Å²) in [5.41, 5.74) is 3.49. The maximum Gasteiger partial charge on any atom is 0.227 e. The molecular weight excluding hydrogens is 336 g/mol. The molecule has 3 rings (SSSR count). The minimum atomic E-state index is -0.547. The van der Waals surface area contributed by atoms with Crippen LogP contribution in [0.2, 0.25) is 0 Å². The first-order chi connectivity index (χ1) is 12.9. The number of carbonyl (C=O) groups excluding carboxylic acids is 1. The monoisotopic (exact) mass is 358 g/mol. The molecule has 1 fully saturated rings. The van der Waals surface area contributed by atoms with Crippen LogP contribution < -0.4 is 10.6 Å². The van der Waals surface area contributed by atoms with Gasteiger partial charge in [-0.2, -0.15) is 10.5 Å². The summed E-state index contributed by atoms with van der Waals surface area (Å²) >= 11 is 0. The fraction of sp³-hybridized carbons (Fsp3) is 0.318. The smallest absolute Gasteiger partial charge is 0.227 e. The van der Waals surface area contributed by atoms with Crippen LogP contribution in [0.4, 0.5) is 0 Å². The molecule has 5 nitrogen and oxygen atoms in total. The van der Waals surface area contributed by atoms with Gasteiger partial charge in [0, 0.05) is 18.5 Å². The van der Waals surface area contributed by atoms with Gasteiger partial charge in [-0.1, -0.05) is 36.4 Å². The lowest BCUT2D eigenvalue weighted by Gasteiger charge is -2.44. The number of benzene rings is 2. The SMILES string of the molecule is CC1(C)NCC1C(=O)N[C@H](C#N)Cc1ccc(-c2ccc(C#N)cc2)cc1. The summed E-state index contributed by atoms with van der Waals surface area (Å²) < 4.78 is 0. The van der Waals surface area contributed by atoms with Gasteiger partial charge in [-0.05, 0) is 42.7 Å². The Morgan fingerprint density at radius 1 is 1.15 bits per heavy atom. The quantitative estimate of drug-likeness (QED) is 0.860. The number of hydrogen-bond donors (Lipinski definition) is 2. The Kier molecular flexibility index (Phi) is 5.26. The molecule has 1 aliphatic heterocycles. The Morgan fingerprint density at radius 3 is 2.19 bits per heavy atom. The summed E-state index contributed by atoms with van der Waals surface area (Å²) in [4.78, 5) is 12.4. The van der Waals surface area contributed by atoms with Gasteiger partial charge in [0.2, 0.25) is 5.91 Å². The maximum atomic E-state index is 12.4. The lowest BCUT2D eigenvalue weighted by atomic mass is 9.79. The zero-order valence-corrected chi connectivity index (χ0v) is 15.5. The van der Waals surface area contributed by atoms with E-state index in [0.29, 0.717) is 18.5 Å². The largest absolute Gasteiger partial charge is 0.340 e. The van der Waals surface area contributed by atoms with Gasteiger partial charge in [0.05, 0.1) is 23.6 Å². The van der Waals surface area contributed by atoms with E-state index in [1.54, 1.807) is 12.1 Å². The second-order valence-electron chi connectivity index (χ2n) is 7.44. The number of nitriles is 2. The van der Waals surface area contributed by atoms with Crippen LogP contribution in [0.1, 0.15) is 25.0 Å². The number of nitrogens with zero attached hydrogens (tertiary/aromatic N) is 2. The molecule has 0 radical (unpaired) electrons. The molecule has 2 N–H and O–H groups in total. The van der Waals surface area contributed by atoms with Crippen molar-refractivity contribution < 1.29 is 4.79 Å². The standard InChI is InChI=1S/C22H22N4O/c1-22(2)20(14-25-22)21(27)26-19(13-24)11-15-3-7-17(8-4-15)18-9-5-16(12-23)6-10-18/h3-10,19-20,25H,11,14H2,1-2H3,(H,26,27)/t19-,20?/m0/s1. The third-order valence-corrected chi connectivity index (χ3v) is 5.16. The van der Waals surface area contributed by atoms with Crippen molar-refractivity contribution in [3.8, 4) is 23.3 Å². The molecule has 2 atom stereocenters. The van der Waals surface area contributed by atoms with Crippen molar-refractivity contribution in [1.82, 2.24) is 10.6 Å². The second kappa shape index (κ2) is 7.61. The van der Waals surface area contributed by atoms with Crippen molar-refractivity contribution >= 4 is 5.91 Å². The highest BCUT2D eigenvalue weighted by molar-refractivity contribution is 5.82. The van der Waals surface area contributed by atoms with Crippen LogP contribution in [0, 0.1) is 28.6 Å². The van der Waals surface area contributed by atoms with Crippen molar-refractivity contribution in [2.75, 3.05) is 6.54 Å².